The maximum absolute atomic E-state index is 12.9. The molecule has 3 nitrogen and oxygen atoms in total. The van der Waals surface area contributed by atoms with Crippen molar-refractivity contribution >= 4 is 5.91 Å². The van der Waals surface area contributed by atoms with Gasteiger partial charge in [-0.1, -0.05) is 13.8 Å². The topological polar surface area (TPSA) is 32.3 Å². The minimum atomic E-state index is -4.32. The van der Waals surface area contributed by atoms with Crippen molar-refractivity contribution in [3.05, 3.63) is 0 Å². The zero-order chi connectivity index (χ0) is 12.1. The van der Waals surface area contributed by atoms with Gasteiger partial charge >= 0.3 is 6.18 Å². The number of alkyl halides is 3. The normalized spacial score (nSPS) is 29.0. The Kier molecular flexibility index (Phi) is 2.45. The van der Waals surface area contributed by atoms with Crippen LogP contribution in [0.15, 0.2) is 0 Å². The van der Waals surface area contributed by atoms with E-state index in [2.05, 4.69) is 5.32 Å². The van der Waals surface area contributed by atoms with Crippen molar-refractivity contribution in [2.75, 3.05) is 6.54 Å². The fraction of sp³-hybridized carbons (Fsp3) is 0.900. The average molecular weight is 236 g/mol. The van der Waals surface area contributed by atoms with Crippen molar-refractivity contribution in [1.29, 1.82) is 0 Å². The molecule has 0 aromatic rings. The van der Waals surface area contributed by atoms with E-state index < -0.39 is 23.8 Å². The van der Waals surface area contributed by atoms with Crippen LogP contribution in [0.25, 0.3) is 0 Å². The van der Waals surface area contributed by atoms with Crippen LogP contribution in [0.4, 0.5) is 13.2 Å². The molecule has 1 aliphatic heterocycles. The number of rotatable bonds is 2. The van der Waals surface area contributed by atoms with Crippen LogP contribution in [0.3, 0.4) is 0 Å². The minimum Gasteiger partial charge on any atom is -0.311 e. The fourth-order valence-corrected chi connectivity index (χ4v) is 2.34. The second kappa shape index (κ2) is 3.35. The van der Waals surface area contributed by atoms with Gasteiger partial charge in [0, 0.05) is 0 Å². The first-order valence-electron chi connectivity index (χ1n) is 5.42. The molecule has 0 spiro atoms. The Labute approximate surface area is 92.0 Å². The summed E-state index contributed by atoms with van der Waals surface area (Å²) in [6.45, 7) is 3.64. The Hall–Kier alpha value is -0.780. The number of hydrogen-bond acceptors (Lipinski definition) is 2. The molecule has 1 heterocycles. The average Bonchev–Trinajstić information content (AvgIpc) is 2.84. The first-order chi connectivity index (χ1) is 7.29. The fourth-order valence-electron chi connectivity index (χ4n) is 2.34. The summed E-state index contributed by atoms with van der Waals surface area (Å²) in [5.74, 6) is -0.459. The smallest absolute Gasteiger partial charge is 0.311 e. The number of hydrogen-bond donors (Lipinski definition) is 1. The summed E-state index contributed by atoms with van der Waals surface area (Å²) in [6, 6.07) is 0. The Morgan fingerprint density at radius 3 is 2.38 bits per heavy atom. The molecule has 1 atom stereocenters. The second-order valence-electron chi connectivity index (χ2n) is 4.86. The third-order valence-corrected chi connectivity index (χ3v) is 3.35. The SMILES string of the molecule is CC(C)C1NCC(=O)N1C1(C(F)(F)F)CC1. The highest BCUT2D eigenvalue weighted by atomic mass is 19.4. The van der Waals surface area contributed by atoms with E-state index in [1.807, 2.05) is 13.8 Å². The third-order valence-electron chi connectivity index (χ3n) is 3.35. The Morgan fingerprint density at radius 2 is 2.00 bits per heavy atom. The maximum Gasteiger partial charge on any atom is 0.411 e. The van der Waals surface area contributed by atoms with Gasteiger partial charge in [0.05, 0.1) is 12.7 Å². The molecule has 1 saturated carbocycles. The molecule has 0 bridgehead atoms. The molecular weight excluding hydrogens is 221 g/mol. The number of carbonyl (C=O) groups is 1. The highest BCUT2D eigenvalue weighted by Crippen LogP contribution is 2.55. The summed E-state index contributed by atoms with van der Waals surface area (Å²) in [5, 5.41) is 2.85. The van der Waals surface area contributed by atoms with E-state index in [-0.39, 0.29) is 25.3 Å². The molecule has 1 unspecified atom stereocenters. The van der Waals surface area contributed by atoms with Crippen LogP contribution in [0.1, 0.15) is 26.7 Å². The van der Waals surface area contributed by atoms with Gasteiger partial charge in [-0.25, -0.2) is 0 Å². The molecule has 0 aromatic heterocycles. The van der Waals surface area contributed by atoms with E-state index in [9.17, 15) is 18.0 Å². The Balaban J connectivity index is 2.28. The Bertz CT molecular complexity index is 310. The van der Waals surface area contributed by atoms with Crippen LogP contribution in [0.2, 0.25) is 0 Å². The van der Waals surface area contributed by atoms with Crippen molar-refractivity contribution in [3.63, 3.8) is 0 Å². The molecule has 0 aromatic carbocycles. The lowest BCUT2D eigenvalue weighted by Crippen LogP contribution is -2.55. The van der Waals surface area contributed by atoms with Gasteiger partial charge in [0.1, 0.15) is 5.54 Å². The highest BCUT2D eigenvalue weighted by molar-refractivity contribution is 5.82. The summed E-state index contributed by atoms with van der Waals surface area (Å²) >= 11 is 0. The highest BCUT2D eigenvalue weighted by Gasteiger charge is 2.70. The molecule has 1 N–H and O–H groups in total. The van der Waals surface area contributed by atoms with Crippen molar-refractivity contribution in [2.24, 2.45) is 5.92 Å². The molecule has 2 fully saturated rings. The van der Waals surface area contributed by atoms with E-state index in [0.29, 0.717) is 0 Å². The maximum atomic E-state index is 12.9. The van der Waals surface area contributed by atoms with Gasteiger partial charge in [-0.05, 0) is 18.8 Å². The monoisotopic (exact) mass is 236 g/mol. The second-order valence-corrected chi connectivity index (χ2v) is 4.86. The molecule has 16 heavy (non-hydrogen) atoms. The van der Waals surface area contributed by atoms with Crippen molar-refractivity contribution in [3.8, 4) is 0 Å². The van der Waals surface area contributed by atoms with Gasteiger partial charge < -0.3 is 4.90 Å². The molecule has 2 rings (SSSR count). The molecular formula is C10H15F3N2O. The summed E-state index contributed by atoms with van der Waals surface area (Å²) < 4.78 is 38.8. The predicted octanol–water partition coefficient (Wildman–Crippen LogP) is 1.50. The summed E-state index contributed by atoms with van der Waals surface area (Å²) in [4.78, 5) is 12.6. The lowest BCUT2D eigenvalue weighted by Gasteiger charge is -2.36. The van der Waals surface area contributed by atoms with Gasteiger partial charge in [-0.3, -0.25) is 10.1 Å². The van der Waals surface area contributed by atoms with Crippen LogP contribution in [-0.2, 0) is 4.79 Å². The standard InChI is InChI=1S/C10H15F3N2O/c1-6(2)8-14-5-7(16)15(8)9(3-4-9)10(11,12)13/h6,8,14H,3-5H2,1-2H3. The molecule has 1 aliphatic carbocycles. The summed E-state index contributed by atoms with van der Waals surface area (Å²) in [7, 11) is 0. The zero-order valence-electron chi connectivity index (χ0n) is 9.27. The number of nitrogens with one attached hydrogen (secondary N) is 1. The first kappa shape index (κ1) is 11.7. The van der Waals surface area contributed by atoms with Gasteiger partial charge in [0.15, 0.2) is 0 Å². The molecule has 1 saturated heterocycles. The minimum absolute atomic E-state index is 0.0146. The lowest BCUT2D eigenvalue weighted by atomic mass is 10.1. The van der Waals surface area contributed by atoms with Gasteiger partial charge in [-0.2, -0.15) is 13.2 Å². The first-order valence-corrected chi connectivity index (χ1v) is 5.42. The van der Waals surface area contributed by atoms with Crippen molar-refractivity contribution in [1.82, 2.24) is 10.2 Å². The summed E-state index contributed by atoms with van der Waals surface area (Å²) in [5.41, 5.74) is -1.89. The zero-order valence-corrected chi connectivity index (χ0v) is 9.27. The van der Waals surface area contributed by atoms with Gasteiger partial charge in [-0.15, -0.1) is 0 Å². The van der Waals surface area contributed by atoms with Crippen LogP contribution < -0.4 is 5.32 Å². The van der Waals surface area contributed by atoms with E-state index in [4.69, 9.17) is 0 Å². The van der Waals surface area contributed by atoms with E-state index >= 15 is 0 Å². The van der Waals surface area contributed by atoms with Crippen molar-refractivity contribution in [2.45, 2.75) is 44.6 Å². The molecule has 6 heteroatoms. The van der Waals surface area contributed by atoms with Crippen molar-refractivity contribution < 1.29 is 18.0 Å². The van der Waals surface area contributed by atoms with Crippen LogP contribution in [-0.4, -0.2) is 35.2 Å². The third kappa shape index (κ3) is 1.50. The van der Waals surface area contributed by atoms with Gasteiger partial charge in [0.25, 0.3) is 0 Å². The van der Waals surface area contributed by atoms with Crippen LogP contribution in [0, 0.1) is 5.92 Å². The lowest BCUT2D eigenvalue weighted by molar-refractivity contribution is -0.203. The quantitative estimate of drug-likeness (QED) is 0.788. The predicted molar refractivity (Wildman–Crippen MR) is 51.5 cm³/mol. The molecule has 92 valence electrons. The van der Waals surface area contributed by atoms with Crippen LogP contribution in [0.5, 0.6) is 0 Å². The van der Waals surface area contributed by atoms with Gasteiger partial charge in [0.2, 0.25) is 5.91 Å². The Morgan fingerprint density at radius 1 is 1.44 bits per heavy atom. The molecule has 0 radical (unpaired) electrons. The van der Waals surface area contributed by atoms with E-state index in [1.165, 1.54) is 0 Å². The number of halogens is 3. The molecule has 1 amide bonds. The molecule has 2 aliphatic rings. The summed E-state index contributed by atoms with van der Waals surface area (Å²) in [6.07, 6.45) is -4.74. The number of amides is 1. The van der Waals surface area contributed by atoms with Crippen LogP contribution >= 0.6 is 0 Å². The number of carbonyl (C=O) groups excluding carboxylic acids is 1. The van der Waals surface area contributed by atoms with E-state index in [0.717, 1.165) is 4.90 Å². The van der Waals surface area contributed by atoms with E-state index in [1.54, 1.807) is 0 Å². The number of nitrogens with zero attached hydrogens (tertiary/aromatic N) is 1. The largest absolute Gasteiger partial charge is 0.411 e.